The summed E-state index contributed by atoms with van der Waals surface area (Å²) in [5, 5.41) is 3.65. The molecule has 1 aliphatic rings. The van der Waals surface area contributed by atoms with Gasteiger partial charge in [0.1, 0.15) is 0 Å². The van der Waals surface area contributed by atoms with Gasteiger partial charge in [0.25, 0.3) is 0 Å². The van der Waals surface area contributed by atoms with Gasteiger partial charge in [-0.2, -0.15) is 0 Å². The van der Waals surface area contributed by atoms with Crippen LogP contribution in [0.5, 0.6) is 0 Å². The lowest BCUT2D eigenvalue weighted by Gasteiger charge is -2.21. The van der Waals surface area contributed by atoms with Crippen molar-refractivity contribution in [2.75, 3.05) is 6.54 Å². The first-order valence-corrected chi connectivity index (χ1v) is 7.30. The van der Waals surface area contributed by atoms with E-state index in [-0.39, 0.29) is 0 Å². The van der Waals surface area contributed by atoms with Crippen LogP contribution in [0.1, 0.15) is 50.3 Å². The molecule has 1 nitrogen and oxygen atoms in total. The predicted molar refractivity (Wildman–Crippen MR) is 79.1 cm³/mol. The summed E-state index contributed by atoms with van der Waals surface area (Å²) in [5.74, 6) is 0.866. The maximum Gasteiger partial charge on any atom is 0.0109 e. The van der Waals surface area contributed by atoms with Gasteiger partial charge < -0.3 is 5.32 Å². The molecule has 1 N–H and O–H groups in total. The molecule has 2 rings (SSSR count). The fraction of sp³-hybridized carbons (Fsp3) is 0.647. The molecule has 2 unspecified atom stereocenters. The van der Waals surface area contributed by atoms with Crippen molar-refractivity contribution in [3.05, 3.63) is 34.9 Å². The molecule has 1 fully saturated rings. The maximum absolute atomic E-state index is 3.65. The van der Waals surface area contributed by atoms with Crippen LogP contribution in [0.25, 0.3) is 0 Å². The second-order valence-electron chi connectivity index (χ2n) is 6.38. The second kappa shape index (κ2) is 5.05. The zero-order chi connectivity index (χ0) is 13.3. The lowest BCUT2D eigenvalue weighted by Crippen LogP contribution is -2.33. The molecule has 1 heteroatoms. The summed E-state index contributed by atoms with van der Waals surface area (Å²) in [6.07, 6.45) is 2.65. The van der Waals surface area contributed by atoms with E-state index in [0.717, 1.165) is 12.5 Å². The molecule has 0 aromatic heterocycles. The molecule has 0 aliphatic heterocycles. The highest BCUT2D eigenvalue weighted by Crippen LogP contribution is 2.55. The number of hydrogen-bond donors (Lipinski definition) is 1. The molecule has 1 aromatic rings. The molecule has 100 valence electrons. The van der Waals surface area contributed by atoms with E-state index < -0.39 is 0 Å². The zero-order valence-electron chi connectivity index (χ0n) is 12.5. The van der Waals surface area contributed by atoms with Crippen molar-refractivity contribution in [2.45, 2.75) is 58.9 Å². The van der Waals surface area contributed by atoms with E-state index >= 15 is 0 Å². The van der Waals surface area contributed by atoms with Crippen molar-refractivity contribution >= 4 is 0 Å². The third-order valence-corrected chi connectivity index (χ3v) is 4.35. The molecular formula is C17H27N. The molecule has 0 radical (unpaired) electrons. The number of rotatable bonds is 5. The van der Waals surface area contributed by atoms with Crippen LogP contribution >= 0.6 is 0 Å². The van der Waals surface area contributed by atoms with Crippen LogP contribution in [0.15, 0.2) is 18.2 Å². The van der Waals surface area contributed by atoms with Gasteiger partial charge in [0.15, 0.2) is 0 Å². The highest BCUT2D eigenvalue weighted by atomic mass is 14.9. The Balaban J connectivity index is 2.25. The minimum Gasteiger partial charge on any atom is -0.314 e. The smallest absolute Gasteiger partial charge is 0.0109 e. The Hall–Kier alpha value is -0.820. The Morgan fingerprint density at radius 2 is 1.83 bits per heavy atom. The van der Waals surface area contributed by atoms with Gasteiger partial charge in [-0.1, -0.05) is 56.5 Å². The van der Waals surface area contributed by atoms with Gasteiger partial charge in [0.2, 0.25) is 0 Å². The van der Waals surface area contributed by atoms with E-state index in [4.69, 9.17) is 0 Å². The predicted octanol–water partition coefficient (Wildman–Crippen LogP) is 3.97. The standard InChI is InChI=1S/C17H27N/c1-6-15-10-17(15,11-18-12(2)3)16-8-13(4)7-14(5)9-16/h7-9,12,15,18H,6,10-11H2,1-5H3. The summed E-state index contributed by atoms with van der Waals surface area (Å²) in [5.41, 5.74) is 4.77. The van der Waals surface area contributed by atoms with Crippen molar-refractivity contribution in [2.24, 2.45) is 5.92 Å². The molecule has 18 heavy (non-hydrogen) atoms. The van der Waals surface area contributed by atoms with E-state index in [0.29, 0.717) is 11.5 Å². The maximum atomic E-state index is 3.65. The minimum absolute atomic E-state index is 0.412. The van der Waals surface area contributed by atoms with Crippen LogP contribution in [0.4, 0.5) is 0 Å². The average Bonchev–Trinajstić information content (AvgIpc) is 3.00. The van der Waals surface area contributed by atoms with Gasteiger partial charge in [-0.3, -0.25) is 0 Å². The minimum atomic E-state index is 0.412. The Morgan fingerprint density at radius 3 is 2.28 bits per heavy atom. The molecular weight excluding hydrogens is 218 g/mol. The summed E-state index contributed by atoms with van der Waals surface area (Å²) in [7, 11) is 0. The highest BCUT2D eigenvalue weighted by Gasteiger charge is 2.53. The zero-order valence-corrected chi connectivity index (χ0v) is 12.5. The van der Waals surface area contributed by atoms with Gasteiger partial charge in [0, 0.05) is 18.0 Å². The van der Waals surface area contributed by atoms with E-state index in [9.17, 15) is 0 Å². The number of nitrogens with one attached hydrogen (secondary N) is 1. The van der Waals surface area contributed by atoms with Crippen molar-refractivity contribution in [1.29, 1.82) is 0 Å². The van der Waals surface area contributed by atoms with Crippen LogP contribution in [0, 0.1) is 19.8 Å². The average molecular weight is 245 g/mol. The van der Waals surface area contributed by atoms with Crippen molar-refractivity contribution in [1.82, 2.24) is 5.32 Å². The SMILES string of the molecule is CCC1CC1(CNC(C)C)c1cc(C)cc(C)c1. The van der Waals surface area contributed by atoms with E-state index in [2.05, 4.69) is 58.1 Å². The third kappa shape index (κ3) is 2.61. The summed E-state index contributed by atoms with van der Waals surface area (Å²) in [4.78, 5) is 0. The van der Waals surface area contributed by atoms with Crippen LogP contribution in [0.2, 0.25) is 0 Å². The van der Waals surface area contributed by atoms with Crippen LogP contribution < -0.4 is 5.32 Å². The molecule has 0 amide bonds. The fourth-order valence-corrected chi connectivity index (χ4v) is 3.24. The molecule has 0 bridgehead atoms. The summed E-state index contributed by atoms with van der Waals surface area (Å²) in [6.45, 7) is 12.3. The van der Waals surface area contributed by atoms with Crippen molar-refractivity contribution in [3.8, 4) is 0 Å². The van der Waals surface area contributed by atoms with Crippen LogP contribution in [-0.2, 0) is 5.41 Å². The quantitative estimate of drug-likeness (QED) is 0.827. The number of benzene rings is 1. The lowest BCUT2D eigenvalue weighted by molar-refractivity contribution is 0.487. The Bertz CT molecular complexity index is 401. The molecule has 0 heterocycles. The Kier molecular flexibility index (Phi) is 3.82. The Morgan fingerprint density at radius 1 is 1.22 bits per heavy atom. The second-order valence-corrected chi connectivity index (χ2v) is 6.38. The van der Waals surface area contributed by atoms with Gasteiger partial charge in [-0.05, 0) is 31.7 Å². The lowest BCUT2D eigenvalue weighted by atomic mass is 9.89. The van der Waals surface area contributed by atoms with E-state index in [1.54, 1.807) is 5.56 Å². The first kappa shape index (κ1) is 13.6. The first-order chi connectivity index (χ1) is 8.48. The van der Waals surface area contributed by atoms with Crippen LogP contribution in [-0.4, -0.2) is 12.6 Å². The monoisotopic (exact) mass is 245 g/mol. The molecule has 2 atom stereocenters. The first-order valence-electron chi connectivity index (χ1n) is 7.30. The molecule has 1 aliphatic carbocycles. The van der Waals surface area contributed by atoms with Gasteiger partial charge in [-0.15, -0.1) is 0 Å². The van der Waals surface area contributed by atoms with E-state index in [1.807, 2.05) is 0 Å². The molecule has 0 saturated heterocycles. The van der Waals surface area contributed by atoms with E-state index in [1.165, 1.54) is 24.0 Å². The molecule has 1 saturated carbocycles. The topological polar surface area (TPSA) is 12.0 Å². The van der Waals surface area contributed by atoms with Gasteiger partial charge >= 0.3 is 0 Å². The normalized spacial score (nSPS) is 26.7. The Labute approximate surface area is 112 Å². The van der Waals surface area contributed by atoms with Gasteiger partial charge in [-0.25, -0.2) is 0 Å². The van der Waals surface area contributed by atoms with Crippen molar-refractivity contribution < 1.29 is 0 Å². The summed E-state index contributed by atoms with van der Waals surface area (Å²) >= 11 is 0. The molecule has 1 aromatic carbocycles. The summed E-state index contributed by atoms with van der Waals surface area (Å²) < 4.78 is 0. The third-order valence-electron chi connectivity index (χ3n) is 4.35. The fourth-order valence-electron chi connectivity index (χ4n) is 3.24. The molecule has 0 spiro atoms. The number of hydrogen-bond acceptors (Lipinski definition) is 1. The van der Waals surface area contributed by atoms with Gasteiger partial charge in [0.05, 0.1) is 0 Å². The van der Waals surface area contributed by atoms with Crippen LogP contribution in [0.3, 0.4) is 0 Å². The van der Waals surface area contributed by atoms with Crippen molar-refractivity contribution in [3.63, 3.8) is 0 Å². The number of aryl methyl sites for hydroxylation is 2. The largest absolute Gasteiger partial charge is 0.314 e. The summed E-state index contributed by atoms with van der Waals surface area (Å²) in [6, 6.07) is 7.64. The highest BCUT2D eigenvalue weighted by molar-refractivity contribution is 5.39.